The highest BCUT2D eigenvalue weighted by molar-refractivity contribution is 5.92. The third-order valence-electron chi connectivity index (χ3n) is 4.14. The number of carbonyl (C=O) groups excluding carboxylic acids is 2. The van der Waals surface area contributed by atoms with E-state index in [-0.39, 0.29) is 5.91 Å². The quantitative estimate of drug-likeness (QED) is 0.531. The van der Waals surface area contributed by atoms with Crippen LogP contribution in [0.5, 0.6) is 0 Å². The summed E-state index contributed by atoms with van der Waals surface area (Å²) < 4.78 is 0. The second-order valence-corrected chi connectivity index (χ2v) is 6.26. The summed E-state index contributed by atoms with van der Waals surface area (Å²) in [4.78, 5) is 22.6. The van der Waals surface area contributed by atoms with Gasteiger partial charge in [0.15, 0.2) is 0 Å². The Morgan fingerprint density at radius 3 is 2.22 bits per heavy atom. The third kappa shape index (κ3) is 8.53. The van der Waals surface area contributed by atoms with Crippen molar-refractivity contribution < 1.29 is 9.59 Å². The summed E-state index contributed by atoms with van der Waals surface area (Å²) in [7, 11) is 0. The van der Waals surface area contributed by atoms with E-state index in [0.717, 1.165) is 18.4 Å². The first-order valence-corrected chi connectivity index (χ1v) is 8.96. The Balaban J connectivity index is 2.14. The van der Waals surface area contributed by atoms with Crippen molar-refractivity contribution in [2.45, 2.75) is 78.1 Å². The van der Waals surface area contributed by atoms with Gasteiger partial charge in [-0.1, -0.05) is 70.4 Å². The zero-order valence-corrected chi connectivity index (χ0v) is 14.6. The molecule has 1 rings (SSSR count). The molecule has 0 spiro atoms. The Labute approximate surface area is 140 Å². The maximum Gasteiger partial charge on any atom is 0.233 e. The van der Waals surface area contributed by atoms with E-state index in [1.165, 1.54) is 44.9 Å². The maximum absolute atomic E-state index is 12.0. The lowest BCUT2D eigenvalue weighted by Gasteiger charge is -2.09. The standard InChI is InChI=1S/C20H30NO2/c1-3-4-5-6-7-8-9-10-11-12-20(23)21-19-15-18(16-22)14-13-17(19)2/h13-15H,3-12H2,1-2H3,(H,21,23). The molecule has 23 heavy (non-hydrogen) atoms. The van der Waals surface area contributed by atoms with Crippen LogP contribution >= 0.6 is 0 Å². The second kappa shape index (κ2) is 11.9. The Bertz CT molecular complexity index is 483. The molecule has 1 aromatic rings. The highest BCUT2D eigenvalue weighted by Crippen LogP contribution is 2.17. The molecule has 0 unspecified atom stereocenters. The van der Waals surface area contributed by atoms with Crippen molar-refractivity contribution >= 4 is 17.9 Å². The van der Waals surface area contributed by atoms with Gasteiger partial charge in [0.2, 0.25) is 12.2 Å². The monoisotopic (exact) mass is 316 g/mol. The normalized spacial score (nSPS) is 10.5. The van der Waals surface area contributed by atoms with E-state index in [4.69, 9.17) is 0 Å². The van der Waals surface area contributed by atoms with Crippen LogP contribution in [0.15, 0.2) is 18.2 Å². The van der Waals surface area contributed by atoms with E-state index < -0.39 is 0 Å². The molecule has 0 fully saturated rings. The number of hydrogen-bond acceptors (Lipinski definition) is 2. The van der Waals surface area contributed by atoms with Crippen molar-refractivity contribution in [2.75, 3.05) is 5.32 Å². The number of amides is 1. The van der Waals surface area contributed by atoms with Crippen molar-refractivity contribution in [2.24, 2.45) is 0 Å². The zero-order chi connectivity index (χ0) is 16.9. The van der Waals surface area contributed by atoms with Crippen LogP contribution in [0.2, 0.25) is 0 Å². The molecule has 1 amide bonds. The fraction of sp³-hybridized carbons (Fsp3) is 0.600. The van der Waals surface area contributed by atoms with E-state index in [1.54, 1.807) is 12.1 Å². The fourth-order valence-corrected chi connectivity index (χ4v) is 2.63. The molecule has 0 saturated carbocycles. The Morgan fingerprint density at radius 1 is 1.00 bits per heavy atom. The van der Waals surface area contributed by atoms with Crippen LogP contribution in [0.3, 0.4) is 0 Å². The molecule has 0 aromatic heterocycles. The van der Waals surface area contributed by atoms with Crippen LogP contribution in [0.25, 0.3) is 0 Å². The van der Waals surface area contributed by atoms with Crippen molar-refractivity contribution in [1.82, 2.24) is 0 Å². The first-order chi connectivity index (χ1) is 11.2. The van der Waals surface area contributed by atoms with E-state index in [0.29, 0.717) is 17.7 Å². The van der Waals surface area contributed by atoms with Crippen LogP contribution in [0.4, 0.5) is 5.69 Å². The first-order valence-electron chi connectivity index (χ1n) is 8.96. The molecule has 0 bridgehead atoms. The molecule has 0 aliphatic heterocycles. The molecular formula is C20H30NO2. The molecule has 3 nitrogen and oxygen atoms in total. The predicted octanol–water partition coefficient (Wildman–Crippen LogP) is 5.31. The predicted molar refractivity (Wildman–Crippen MR) is 96.4 cm³/mol. The number of nitrogens with one attached hydrogen (secondary N) is 1. The van der Waals surface area contributed by atoms with Gasteiger partial charge in [0.25, 0.3) is 0 Å². The number of hydrogen-bond donors (Lipinski definition) is 1. The molecule has 1 N–H and O–H groups in total. The van der Waals surface area contributed by atoms with E-state index >= 15 is 0 Å². The molecule has 0 aliphatic carbocycles. The van der Waals surface area contributed by atoms with Gasteiger partial charge in [0.1, 0.15) is 0 Å². The van der Waals surface area contributed by atoms with E-state index in [1.807, 2.05) is 19.3 Å². The highest BCUT2D eigenvalue weighted by atomic mass is 16.1. The largest absolute Gasteiger partial charge is 0.326 e. The lowest BCUT2D eigenvalue weighted by Crippen LogP contribution is -2.12. The van der Waals surface area contributed by atoms with Crippen LogP contribution in [-0.4, -0.2) is 12.2 Å². The van der Waals surface area contributed by atoms with Crippen molar-refractivity contribution in [3.05, 3.63) is 29.3 Å². The first kappa shape index (κ1) is 19.4. The summed E-state index contributed by atoms with van der Waals surface area (Å²) in [6.45, 7) is 4.16. The molecular weight excluding hydrogens is 286 g/mol. The Kier molecular flexibility index (Phi) is 10.0. The minimum absolute atomic E-state index is 0.0269. The van der Waals surface area contributed by atoms with Gasteiger partial charge in [-0.25, -0.2) is 0 Å². The number of rotatable bonds is 12. The summed E-state index contributed by atoms with van der Waals surface area (Å²) >= 11 is 0. The zero-order valence-electron chi connectivity index (χ0n) is 14.6. The van der Waals surface area contributed by atoms with Crippen molar-refractivity contribution in [3.63, 3.8) is 0 Å². The van der Waals surface area contributed by atoms with Crippen LogP contribution in [0.1, 0.15) is 82.3 Å². The number of anilines is 1. The average Bonchev–Trinajstić information content (AvgIpc) is 2.55. The van der Waals surface area contributed by atoms with Gasteiger partial charge < -0.3 is 5.32 Å². The van der Waals surface area contributed by atoms with Crippen LogP contribution in [-0.2, 0) is 9.59 Å². The average molecular weight is 316 g/mol. The van der Waals surface area contributed by atoms with Gasteiger partial charge in [-0.3, -0.25) is 9.59 Å². The van der Waals surface area contributed by atoms with Crippen LogP contribution < -0.4 is 5.32 Å². The van der Waals surface area contributed by atoms with Gasteiger partial charge in [-0.05, 0) is 25.0 Å². The summed E-state index contributed by atoms with van der Waals surface area (Å²) in [6.07, 6.45) is 13.6. The number of carbonyl (C=O) groups is 1. The molecule has 0 aliphatic rings. The van der Waals surface area contributed by atoms with Gasteiger partial charge in [-0.15, -0.1) is 0 Å². The Morgan fingerprint density at radius 2 is 1.61 bits per heavy atom. The maximum atomic E-state index is 12.0. The molecule has 0 atom stereocenters. The number of benzene rings is 1. The second-order valence-electron chi connectivity index (χ2n) is 6.26. The third-order valence-corrected chi connectivity index (χ3v) is 4.14. The van der Waals surface area contributed by atoms with Gasteiger partial charge >= 0.3 is 0 Å². The summed E-state index contributed by atoms with van der Waals surface area (Å²) in [5.41, 5.74) is 2.14. The van der Waals surface area contributed by atoms with Gasteiger partial charge in [0, 0.05) is 17.7 Å². The van der Waals surface area contributed by atoms with E-state index in [9.17, 15) is 9.59 Å². The van der Waals surface area contributed by atoms with Crippen molar-refractivity contribution in [3.8, 4) is 0 Å². The summed E-state index contributed by atoms with van der Waals surface area (Å²) in [5, 5.41) is 2.89. The van der Waals surface area contributed by atoms with Crippen LogP contribution in [0, 0.1) is 6.92 Å². The molecule has 127 valence electrons. The van der Waals surface area contributed by atoms with E-state index in [2.05, 4.69) is 12.2 Å². The SMILES string of the molecule is CCCCCCCCCCCC(=O)Nc1cc([C]=O)ccc1C. The smallest absolute Gasteiger partial charge is 0.233 e. The number of aryl methyl sites for hydroxylation is 1. The molecule has 1 radical (unpaired) electrons. The van der Waals surface area contributed by atoms with Gasteiger partial charge in [0.05, 0.1) is 0 Å². The van der Waals surface area contributed by atoms with Gasteiger partial charge in [-0.2, -0.15) is 0 Å². The fourth-order valence-electron chi connectivity index (χ4n) is 2.63. The molecule has 0 saturated heterocycles. The lowest BCUT2D eigenvalue weighted by molar-refractivity contribution is -0.116. The van der Waals surface area contributed by atoms with Crippen molar-refractivity contribution in [1.29, 1.82) is 0 Å². The topological polar surface area (TPSA) is 46.2 Å². The summed E-state index contributed by atoms with van der Waals surface area (Å²) in [6, 6.07) is 5.21. The highest BCUT2D eigenvalue weighted by Gasteiger charge is 2.06. The Hall–Kier alpha value is -1.64. The molecule has 0 heterocycles. The minimum Gasteiger partial charge on any atom is -0.326 e. The summed E-state index contributed by atoms with van der Waals surface area (Å²) in [5.74, 6) is 0.0269. The molecule has 3 heteroatoms. The number of unbranched alkanes of at least 4 members (excludes halogenated alkanes) is 8. The molecule has 1 aromatic carbocycles. The minimum atomic E-state index is 0.0269. The lowest BCUT2D eigenvalue weighted by atomic mass is 10.1.